The summed E-state index contributed by atoms with van der Waals surface area (Å²) in [7, 11) is 0. The molecule has 2 rings (SSSR count). The molecule has 5 heteroatoms. The lowest BCUT2D eigenvalue weighted by Gasteiger charge is -1.99. The Morgan fingerprint density at radius 1 is 1.35 bits per heavy atom. The van der Waals surface area contributed by atoms with Crippen molar-refractivity contribution in [3.63, 3.8) is 0 Å². The second-order valence-corrected chi connectivity index (χ2v) is 4.47. The molecule has 96 valence electrons. The first-order valence-electron chi connectivity index (χ1n) is 6.51. The predicted molar refractivity (Wildman–Crippen MR) is 63.6 cm³/mol. The van der Waals surface area contributed by atoms with Gasteiger partial charge in [0.15, 0.2) is 0 Å². The lowest BCUT2D eigenvalue weighted by atomic mass is 10.3. The topological polar surface area (TPSA) is 60.2 Å². The largest absolute Gasteiger partial charge is 0.423 e. The summed E-state index contributed by atoms with van der Waals surface area (Å²) in [6.07, 6.45) is 5.57. The van der Waals surface area contributed by atoms with Crippen LogP contribution in [0.15, 0.2) is 4.42 Å². The van der Waals surface area contributed by atoms with Crippen LogP contribution >= 0.6 is 0 Å². The number of hydrogen-bond acceptors (Lipinski definition) is 5. The molecule has 5 nitrogen and oxygen atoms in total. The number of aromatic nitrogens is 2. The van der Waals surface area contributed by atoms with E-state index < -0.39 is 0 Å². The van der Waals surface area contributed by atoms with E-state index in [2.05, 4.69) is 22.4 Å². The van der Waals surface area contributed by atoms with Crippen molar-refractivity contribution < 1.29 is 9.15 Å². The van der Waals surface area contributed by atoms with E-state index in [0.717, 1.165) is 44.3 Å². The number of aryl methyl sites for hydroxylation is 1. The SMILES string of the molecule is CCCOCc1nnc(CCCNC2CC2)o1. The summed E-state index contributed by atoms with van der Waals surface area (Å²) in [6, 6.07) is 0.774. The zero-order chi connectivity index (χ0) is 11.9. The van der Waals surface area contributed by atoms with Gasteiger partial charge in [-0.2, -0.15) is 0 Å². The standard InChI is InChI=1S/C12H21N3O2/c1-2-8-16-9-12-15-14-11(17-12)4-3-7-13-10-5-6-10/h10,13H,2-9H2,1H3. The zero-order valence-corrected chi connectivity index (χ0v) is 10.4. The summed E-state index contributed by atoms with van der Waals surface area (Å²) in [6.45, 7) is 4.28. The monoisotopic (exact) mass is 239 g/mol. The summed E-state index contributed by atoms with van der Waals surface area (Å²) in [5.74, 6) is 1.31. The van der Waals surface area contributed by atoms with Crippen molar-refractivity contribution in [2.75, 3.05) is 13.2 Å². The Kier molecular flexibility index (Phi) is 4.94. The predicted octanol–water partition coefficient (Wildman–Crippen LogP) is 1.68. The van der Waals surface area contributed by atoms with Crippen LogP contribution in [0, 0.1) is 0 Å². The van der Waals surface area contributed by atoms with Crippen LogP contribution in [0.1, 0.15) is 44.4 Å². The quantitative estimate of drug-likeness (QED) is 0.664. The second-order valence-electron chi connectivity index (χ2n) is 4.47. The summed E-state index contributed by atoms with van der Waals surface area (Å²) < 4.78 is 10.8. The van der Waals surface area contributed by atoms with Crippen molar-refractivity contribution in [2.45, 2.75) is 51.7 Å². The Hall–Kier alpha value is -0.940. The molecule has 1 saturated carbocycles. The maximum absolute atomic E-state index is 5.48. The van der Waals surface area contributed by atoms with E-state index in [1.807, 2.05) is 0 Å². The first-order chi connectivity index (χ1) is 8.38. The molecule has 1 aromatic rings. The summed E-state index contributed by atoms with van der Waals surface area (Å²) in [4.78, 5) is 0. The van der Waals surface area contributed by atoms with Gasteiger partial charge < -0.3 is 14.5 Å². The maximum Gasteiger partial charge on any atom is 0.242 e. The number of rotatable bonds is 9. The Labute approximate surface area is 102 Å². The first-order valence-corrected chi connectivity index (χ1v) is 6.51. The van der Waals surface area contributed by atoms with E-state index in [1.165, 1.54) is 12.8 Å². The summed E-state index contributed by atoms with van der Waals surface area (Å²) in [5, 5.41) is 11.4. The van der Waals surface area contributed by atoms with Crippen LogP contribution in [0.5, 0.6) is 0 Å². The minimum Gasteiger partial charge on any atom is -0.423 e. The zero-order valence-electron chi connectivity index (χ0n) is 10.4. The van der Waals surface area contributed by atoms with E-state index in [4.69, 9.17) is 9.15 Å². The molecule has 0 aromatic carbocycles. The highest BCUT2D eigenvalue weighted by Crippen LogP contribution is 2.18. The Balaban J connectivity index is 1.59. The van der Waals surface area contributed by atoms with Gasteiger partial charge in [-0.25, -0.2) is 0 Å². The van der Waals surface area contributed by atoms with Crippen molar-refractivity contribution in [3.8, 4) is 0 Å². The molecule has 1 N–H and O–H groups in total. The van der Waals surface area contributed by atoms with Crippen molar-refractivity contribution >= 4 is 0 Å². The molecule has 1 aliphatic rings. The third-order valence-electron chi connectivity index (χ3n) is 2.66. The molecule has 0 bridgehead atoms. The van der Waals surface area contributed by atoms with Crippen molar-refractivity contribution in [2.24, 2.45) is 0 Å². The molecule has 0 unspecified atom stereocenters. The van der Waals surface area contributed by atoms with Crippen LogP contribution in [0.3, 0.4) is 0 Å². The van der Waals surface area contributed by atoms with Gasteiger partial charge in [-0.1, -0.05) is 6.92 Å². The summed E-state index contributed by atoms with van der Waals surface area (Å²) in [5.41, 5.74) is 0. The van der Waals surface area contributed by atoms with E-state index in [0.29, 0.717) is 12.5 Å². The van der Waals surface area contributed by atoms with Crippen LogP contribution in [0.4, 0.5) is 0 Å². The molecule has 17 heavy (non-hydrogen) atoms. The van der Waals surface area contributed by atoms with E-state index in [1.54, 1.807) is 0 Å². The van der Waals surface area contributed by atoms with Gasteiger partial charge >= 0.3 is 0 Å². The average molecular weight is 239 g/mol. The fourth-order valence-corrected chi connectivity index (χ4v) is 1.58. The fourth-order valence-electron chi connectivity index (χ4n) is 1.58. The van der Waals surface area contributed by atoms with Crippen LogP contribution < -0.4 is 5.32 Å². The Morgan fingerprint density at radius 2 is 2.18 bits per heavy atom. The Bertz CT molecular complexity index is 323. The van der Waals surface area contributed by atoms with Crippen LogP contribution in [-0.2, 0) is 17.8 Å². The van der Waals surface area contributed by atoms with Gasteiger partial charge in [0.25, 0.3) is 0 Å². The Morgan fingerprint density at radius 3 is 2.94 bits per heavy atom. The number of nitrogens with zero attached hydrogens (tertiary/aromatic N) is 2. The molecular weight excluding hydrogens is 218 g/mol. The number of ether oxygens (including phenoxy) is 1. The highest BCUT2D eigenvalue weighted by molar-refractivity contribution is 4.83. The molecule has 1 fully saturated rings. The minimum atomic E-state index is 0.432. The molecule has 1 aromatic heterocycles. The van der Waals surface area contributed by atoms with Crippen LogP contribution in [0.25, 0.3) is 0 Å². The van der Waals surface area contributed by atoms with Gasteiger partial charge in [0, 0.05) is 19.1 Å². The van der Waals surface area contributed by atoms with Gasteiger partial charge in [0.05, 0.1) is 0 Å². The van der Waals surface area contributed by atoms with Crippen LogP contribution in [0.2, 0.25) is 0 Å². The van der Waals surface area contributed by atoms with E-state index in [-0.39, 0.29) is 0 Å². The molecule has 0 aliphatic heterocycles. The molecule has 0 saturated heterocycles. The third kappa shape index (κ3) is 4.83. The molecule has 0 radical (unpaired) electrons. The van der Waals surface area contributed by atoms with Crippen molar-refractivity contribution in [3.05, 3.63) is 11.8 Å². The lowest BCUT2D eigenvalue weighted by Crippen LogP contribution is -2.17. The molecule has 0 amide bonds. The normalized spacial score (nSPS) is 15.4. The number of hydrogen-bond donors (Lipinski definition) is 1. The highest BCUT2D eigenvalue weighted by atomic mass is 16.5. The molecular formula is C12H21N3O2. The smallest absolute Gasteiger partial charge is 0.242 e. The van der Waals surface area contributed by atoms with Gasteiger partial charge in [-0.3, -0.25) is 0 Å². The van der Waals surface area contributed by atoms with Gasteiger partial charge in [-0.05, 0) is 32.2 Å². The lowest BCUT2D eigenvalue weighted by molar-refractivity contribution is 0.102. The van der Waals surface area contributed by atoms with Crippen molar-refractivity contribution in [1.29, 1.82) is 0 Å². The summed E-state index contributed by atoms with van der Waals surface area (Å²) >= 11 is 0. The average Bonchev–Trinajstić information content (AvgIpc) is 3.05. The van der Waals surface area contributed by atoms with E-state index in [9.17, 15) is 0 Å². The molecule has 1 aliphatic carbocycles. The van der Waals surface area contributed by atoms with Crippen molar-refractivity contribution in [1.82, 2.24) is 15.5 Å². The number of nitrogens with one attached hydrogen (secondary N) is 1. The molecule has 0 atom stereocenters. The van der Waals surface area contributed by atoms with Gasteiger partial charge in [0.1, 0.15) is 6.61 Å². The highest BCUT2D eigenvalue weighted by Gasteiger charge is 2.19. The minimum absolute atomic E-state index is 0.432. The second kappa shape index (κ2) is 6.71. The molecule has 0 spiro atoms. The first kappa shape index (κ1) is 12.5. The fraction of sp³-hybridized carbons (Fsp3) is 0.833. The maximum atomic E-state index is 5.48. The molecule has 1 heterocycles. The van der Waals surface area contributed by atoms with E-state index >= 15 is 0 Å². The van der Waals surface area contributed by atoms with Crippen LogP contribution in [-0.4, -0.2) is 29.4 Å². The van der Waals surface area contributed by atoms with Gasteiger partial charge in [0.2, 0.25) is 11.8 Å². The van der Waals surface area contributed by atoms with Gasteiger partial charge in [-0.15, -0.1) is 10.2 Å². The third-order valence-corrected chi connectivity index (χ3v) is 2.66.